The number of fused-ring (bicyclic) bond motifs is 7. The molecule has 4 saturated carbocycles. The maximum atomic E-state index is 12.8. The predicted octanol–water partition coefficient (Wildman–Crippen LogP) is 4.00. The molecule has 13 unspecified atom stereocenters. The van der Waals surface area contributed by atoms with Gasteiger partial charge in [-0.1, -0.05) is 53.2 Å². The van der Waals surface area contributed by atoms with Crippen LogP contribution in [0.3, 0.4) is 0 Å². The van der Waals surface area contributed by atoms with Gasteiger partial charge in [0.15, 0.2) is 0 Å². The van der Waals surface area contributed by atoms with E-state index >= 15 is 0 Å². The normalized spacial score (nSPS) is 58.6. The summed E-state index contributed by atoms with van der Waals surface area (Å²) in [5.41, 5.74) is -1.41. The van der Waals surface area contributed by atoms with Crippen LogP contribution < -0.4 is 0 Å². The van der Waals surface area contributed by atoms with Crippen molar-refractivity contribution in [2.75, 3.05) is 6.61 Å². The average Bonchev–Trinajstić information content (AvgIpc) is 2.80. The van der Waals surface area contributed by atoms with Gasteiger partial charge in [-0.25, -0.2) is 0 Å². The van der Waals surface area contributed by atoms with Crippen molar-refractivity contribution in [3.05, 3.63) is 11.6 Å². The fourth-order valence-electron chi connectivity index (χ4n) is 11.2. The molecule has 36 heavy (non-hydrogen) atoms. The molecule has 0 saturated heterocycles. The molecule has 0 bridgehead atoms. The monoisotopic (exact) mass is 504 g/mol. The van der Waals surface area contributed by atoms with Gasteiger partial charge in [0.1, 0.15) is 0 Å². The molecule has 0 amide bonds. The van der Waals surface area contributed by atoms with E-state index in [0.717, 1.165) is 25.7 Å². The third kappa shape index (κ3) is 2.96. The number of carboxylic acids is 1. The van der Waals surface area contributed by atoms with Crippen molar-refractivity contribution in [3.8, 4) is 0 Å². The summed E-state index contributed by atoms with van der Waals surface area (Å²) < 4.78 is 0. The van der Waals surface area contributed by atoms with E-state index in [1.807, 2.05) is 6.92 Å². The van der Waals surface area contributed by atoms with Crippen molar-refractivity contribution in [1.82, 2.24) is 0 Å². The van der Waals surface area contributed by atoms with Crippen LogP contribution in [-0.4, -0.2) is 56.4 Å². The molecular formula is C30H48O6. The first-order chi connectivity index (χ1) is 16.6. The lowest BCUT2D eigenvalue weighted by molar-refractivity contribution is -0.273. The van der Waals surface area contributed by atoms with E-state index in [2.05, 4.69) is 40.7 Å². The number of aliphatic hydroxyl groups excluding tert-OH is 4. The Hall–Kier alpha value is -0.950. The summed E-state index contributed by atoms with van der Waals surface area (Å²) in [6, 6.07) is 0. The number of carboxylic acid groups (broad SMARTS) is 1. The van der Waals surface area contributed by atoms with Crippen LogP contribution in [0.2, 0.25) is 0 Å². The van der Waals surface area contributed by atoms with Crippen LogP contribution in [0.5, 0.6) is 0 Å². The Bertz CT molecular complexity index is 963. The van der Waals surface area contributed by atoms with E-state index in [1.54, 1.807) is 0 Å². The van der Waals surface area contributed by atoms with Crippen molar-refractivity contribution in [2.45, 2.75) is 105 Å². The number of rotatable bonds is 2. The van der Waals surface area contributed by atoms with Gasteiger partial charge >= 0.3 is 5.97 Å². The minimum Gasteiger partial charge on any atom is -0.481 e. The second-order valence-electron chi connectivity index (χ2n) is 14.6. The van der Waals surface area contributed by atoms with Crippen molar-refractivity contribution < 1.29 is 30.3 Å². The van der Waals surface area contributed by atoms with Gasteiger partial charge in [0.2, 0.25) is 0 Å². The molecule has 6 nitrogen and oxygen atoms in total. The Labute approximate surface area is 216 Å². The summed E-state index contributed by atoms with van der Waals surface area (Å²) in [4.78, 5) is 12.8. The first kappa shape index (κ1) is 26.6. The lowest BCUT2D eigenvalue weighted by Gasteiger charge is -2.72. The van der Waals surface area contributed by atoms with Gasteiger partial charge in [-0.05, 0) is 84.9 Å². The highest BCUT2D eigenvalue weighted by molar-refractivity contribution is 5.76. The maximum Gasteiger partial charge on any atom is 0.310 e. The van der Waals surface area contributed by atoms with Gasteiger partial charge < -0.3 is 25.5 Å². The van der Waals surface area contributed by atoms with E-state index in [9.17, 15) is 30.3 Å². The largest absolute Gasteiger partial charge is 0.481 e. The van der Waals surface area contributed by atoms with Crippen LogP contribution >= 0.6 is 0 Å². The third-order valence-corrected chi connectivity index (χ3v) is 13.4. The van der Waals surface area contributed by atoms with Crippen LogP contribution in [-0.2, 0) is 4.79 Å². The zero-order valence-electron chi connectivity index (χ0n) is 23.0. The van der Waals surface area contributed by atoms with E-state index in [4.69, 9.17) is 0 Å². The summed E-state index contributed by atoms with van der Waals surface area (Å²) in [6.45, 7) is 12.8. The Morgan fingerprint density at radius 3 is 2.28 bits per heavy atom. The summed E-state index contributed by atoms with van der Waals surface area (Å²) in [7, 11) is 0. The van der Waals surface area contributed by atoms with E-state index in [1.165, 1.54) is 5.57 Å². The number of aliphatic carboxylic acids is 1. The number of allylic oxidation sites excluding steroid dienone is 2. The molecule has 0 aromatic rings. The van der Waals surface area contributed by atoms with E-state index in [-0.39, 0.29) is 41.1 Å². The van der Waals surface area contributed by atoms with E-state index < -0.39 is 40.5 Å². The van der Waals surface area contributed by atoms with Crippen molar-refractivity contribution >= 4 is 5.97 Å². The second kappa shape index (κ2) is 8.03. The van der Waals surface area contributed by atoms with Gasteiger partial charge in [-0.3, -0.25) is 4.79 Å². The first-order valence-electron chi connectivity index (χ1n) is 14.2. The molecule has 5 N–H and O–H groups in total. The summed E-state index contributed by atoms with van der Waals surface area (Å²) in [5, 5.41) is 54.7. The number of hydrogen-bond acceptors (Lipinski definition) is 5. The summed E-state index contributed by atoms with van der Waals surface area (Å²) in [6.07, 6.45) is 4.44. The van der Waals surface area contributed by atoms with E-state index in [0.29, 0.717) is 25.2 Å². The highest BCUT2D eigenvalue weighted by Crippen LogP contribution is 2.75. The quantitative estimate of drug-likeness (QED) is 0.363. The molecule has 6 heteroatoms. The van der Waals surface area contributed by atoms with Crippen LogP contribution in [0.15, 0.2) is 11.6 Å². The van der Waals surface area contributed by atoms with Crippen molar-refractivity contribution in [1.29, 1.82) is 0 Å². The smallest absolute Gasteiger partial charge is 0.310 e. The maximum absolute atomic E-state index is 12.8. The molecule has 5 aliphatic carbocycles. The molecular weight excluding hydrogens is 456 g/mol. The topological polar surface area (TPSA) is 118 Å². The molecule has 13 atom stereocenters. The Kier molecular flexibility index (Phi) is 5.95. The van der Waals surface area contributed by atoms with Crippen LogP contribution in [0.1, 0.15) is 86.5 Å². The lowest BCUT2D eigenvalue weighted by Crippen LogP contribution is -2.71. The average molecular weight is 505 g/mol. The third-order valence-electron chi connectivity index (χ3n) is 13.4. The zero-order chi connectivity index (χ0) is 26.6. The van der Waals surface area contributed by atoms with Gasteiger partial charge in [-0.2, -0.15) is 0 Å². The van der Waals surface area contributed by atoms with Crippen molar-refractivity contribution in [2.24, 2.45) is 56.7 Å². The molecule has 0 aromatic heterocycles. The Morgan fingerprint density at radius 1 is 1.00 bits per heavy atom. The molecule has 4 fully saturated rings. The van der Waals surface area contributed by atoms with Gasteiger partial charge in [0, 0.05) is 11.3 Å². The van der Waals surface area contributed by atoms with Gasteiger partial charge in [-0.15, -0.1) is 0 Å². The minimum atomic E-state index is -1.08. The second-order valence-corrected chi connectivity index (χ2v) is 14.6. The van der Waals surface area contributed by atoms with Crippen LogP contribution in [0.4, 0.5) is 0 Å². The first-order valence-corrected chi connectivity index (χ1v) is 14.2. The lowest BCUT2D eigenvalue weighted by atomic mass is 9.32. The Morgan fingerprint density at radius 2 is 1.67 bits per heavy atom. The fourth-order valence-corrected chi connectivity index (χ4v) is 11.2. The zero-order valence-corrected chi connectivity index (χ0v) is 23.0. The van der Waals surface area contributed by atoms with Crippen LogP contribution in [0, 0.1) is 56.7 Å². The van der Waals surface area contributed by atoms with Gasteiger partial charge in [0.05, 0.1) is 30.3 Å². The molecule has 0 spiro atoms. The SMILES string of the molecule is CC1CCC2(C(=O)O)CCC3(C)C(=CCC4C5(C)CC(O)C(O)C(C)(CO)C5C(O)CC43C)C2C1C. The van der Waals surface area contributed by atoms with Crippen molar-refractivity contribution in [3.63, 3.8) is 0 Å². The molecule has 0 radical (unpaired) electrons. The number of hydrogen-bond donors (Lipinski definition) is 5. The highest BCUT2D eigenvalue weighted by atomic mass is 16.4. The number of carbonyl (C=O) groups is 1. The predicted molar refractivity (Wildman–Crippen MR) is 137 cm³/mol. The summed E-state index contributed by atoms with van der Waals surface area (Å²) in [5.74, 6) is -0.0914. The molecule has 0 aliphatic heterocycles. The fraction of sp³-hybridized carbons (Fsp3) is 0.900. The molecule has 5 aliphatic rings. The van der Waals surface area contributed by atoms with Crippen LogP contribution in [0.25, 0.3) is 0 Å². The molecule has 204 valence electrons. The summed E-state index contributed by atoms with van der Waals surface area (Å²) >= 11 is 0. The highest BCUT2D eigenvalue weighted by Gasteiger charge is 2.72. The minimum absolute atomic E-state index is 0.000534. The standard InChI is InChI=1S/C30H48O6/c1-16-9-10-30(25(35)36)12-11-28(5)18(22(30)17(16)2)7-8-21-26(3)13-20(33)24(34)27(4,15-31)23(26)19(32)14-29(21,28)6/h7,16-17,19-24,31-34H,8-15H2,1-6H3,(H,35,36). The molecule has 0 aromatic carbocycles. The molecule has 0 heterocycles. The Balaban J connectivity index is 1.65. The number of aliphatic hydroxyl groups is 4. The molecule has 5 rings (SSSR count). The van der Waals surface area contributed by atoms with Gasteiger partial charge in [0.25, 0.3) is 0 Å².